The number of carbonyl (C=O) groups is 4. The van der Waals surface area contributed by atoms with Gasteiger partial charge in [-0.3, -0.25) is 9.59 Å². The Morgan fingerprint density at radius 3 is 2.05 bits per heavy atom. The zero-order valence-electron chi connectivity index (χ0n) is 22.0. The maximum absolute atomic E-state index is 13.2. The fourth-order valence-electron chi connectivity index (χ4n) is 6.22. The molecule has 3 aromatic rings. The van der Waals surface area contributed by atoms with Crippen LogP contribution in [-0.4, -0.2) is 52.2 Å². The summed E-state index contributed by atoms with van der Waals surface area (Å²) in [6.07, 6.45) is -1.99. The molecule has 11 nitrogen and oxygen atoms in total. The van der Waals surface area contributed by atoms with Crippen LogP contribution in [0.1, 0.15) is 63.1 Å². The molecule has 4 aliphatic rings. The molecule has 2 saturated heterocycles. The number of hydrogen-bond donors (Lipinski definition) is 3. The van der Waals surface area contributed by atoms with Gasteiger partial charge in [-0.2, -0.15) is 0 Å². The van der Waals surface area contributed by atoms with Crippen LogP contribution in [0.15, 0.2) is 48.5 Å². The van der Waals surface area contributed by atoms with Crippen molar-refractivity contribution in [1.29, 1.82) is 0 Å². The van der Waals surface area contributed by atoms with Gasteiger partial charge in [-0.05, 0) is 18.2 Å². The van der Waals surface area contributed by atoms with E-state index in [1.54, 1.807) is 38.1 Å². The molecule has 41 heavy (non-hydrogen) atoms. The number of aromatic carboxylic acids is 1. The molecule has 4 aliphatic heterocycles. The van der Waals surface area contributed by atoms with Crippen molar-refractivity contribution in [1.82, 2.24) is 0 Å². The van der Waals surface area contributed by atoms with Gasteiger partial charge in [0, 0.05) is 47.5 Å². The molecule has 3 N–H and O–H groups in total. The minimum absolute atomic E-state index is 0.00824. The van der Waals surface area contributed by atoms with Crippen molar-refractivity contribution in [2.75, 3.05) is 22.9 Å². The van der Waals surface area contributed by atoms with E-state index in [9.17, 15) is 34.5 Å². The summed E-state index contributed by atoms with van der Waals surface area (Å²) >= 11 is 0. The summed E-state index contributed by atoms with van der Waals surface area (Å²) in [5.41, 5.74) is -0.438. The van der Waals surface area contributed by atoms with Crippen LogP contribution in [0.25, 0.3) is 0 Å². The fourth-order valence-corrected chi connectivity index (χ4v) is 6.22. The first-order valence-electron chi connectivity index (χ1n) is 13.1. The maximum atomic E-state index is 13.2. The van der Waals surface area contributed by atoms with Crippen LogP contribution >= 0.6 is 0 Å². The molecule has 2 fully saturated rings. The third-order valence-corrected chi connectivity index (χ3v) is 8.36. The summed E-state index contributed by atoms with van der Waals surface area (Å²) in [4.78, 5) is 53.7. The molecule has 3 atom stereocenters. The lowest BCUT2D eigenvalue weighted by Crippen LogP contribution is -2.52. The molecule has 2 amide bonds. The van der Waals surface area contributed by atoms with E-state index in [0.29, 0.717) is 18.7 Å². The van der Waals surface area contributed by atoms with Crippen molar-refractivity contribution >= 4 is 35.1 Å². The van der Waals surface area contributed by atoms with Crippen molar-refractivity contribution in [3.05, 3.63) is 81.9 Å². The largest absolute Gasteiger partial charge is 0.478 e. The summed E-state index contributed by atoms with van der Waals surface area (Å²) in [7, 11) is 0. The number of nitrogens with zero attached hydrogens (tertiary/aromatic N) is 2. The smallest absolute Gasteiger partial charge is 0.340 e. The van der Waals surface area contributed by atoms with Gasteiger partial charge in [-0.25, -0.2) is 9.59 Å². The lowest BCUT2D eigenvalue weighted by molar-refractivity contribution is -0.127. The second-order valence-electron chi connectivity index (χ2n) is 10.9. The van der Waals surface area contributed by atoms with E-state index in [2.05, 4.69) is 0 Å². The number of carboxylic acids is 1. The van der Waals surface area contributed by atoms with E-state index in [4.69, 9.17) is 9.47 Å². The summed E-state index contributed by atoms with van der Waals surface area (Å²) in [5, 5.41) is 30.9. The molecule has 0 aliphatic carbocycles. The molecular weight excluding hydrogens is 532 g/mol. The van der Waals surface area contributed by atoms with Crippen molar-refractivity contribution in [2.24, 2.45) is 11.8 Å². The number of amides is 2. The molecule has 1 spiro atoms. The molecule has 3 unspecified atom stereocenters. The van der Waals surface area contributed by atoms with Crippen molar-refractivity contribution in [3.8, 4) is 11.5 Å². The maximum Gasteiger partial charge on any atom is 0.340 e. The number of aliphatic hydroxyl groups is 2. The first-order valence-corrected chi connectivity index (χ1v) is 13.1. The average Bonchev–Trinajstić information content (AvgIpc) is 3.25. The van der Waals surface area contributed by atoms with E-state index in [-0.39, 0.29) is 74.3 Å². The third kappa shape index (κ3) is 3.27. The Morgan fingerprint density at radius 2 is 1.46 bits per heavy atom. The SMILES string of the molecule is CC1CN(c2cc3c(cc2C(=O)O)C2(OC(=O)c4ccccc42)c2cc(C(O)O)c(N4CC(C)C4=O)cc2O3)C1=O. The van der Waals surface area contributed by atoms with Crippen molar-refractivity contribution < 1.29 is 44.0 Å². The zero-order chi connectivity index (χ0) is 29.0. The van der Waals surface area contributed by atoms with Gasteiger partial charge in [-0.15, -0.1) is 0 Å². The third-order valence-electron chi connectivity index (χ3n) is 8.36. The zero-order valence-corrected chi connectivity index (χ0v) is 22.0. The molecule has 3 aromatic carbocycles. The van der Waals surface area contributed by atoms with Gasteiger partial charge in [0.2, 0.25) is 11.8 Å². The first-order chi connectivity index (χ1) is 19.5. The number of aliphatic hydroxyl groups excluding tert-OH is 1. The van der Waals surface area contributed by atoms with E-state index in [0.717, 1.165) is 0 Å². The Kier molecular flexibility index (Phi) is 5.16. The fraction of sp³-hybridized carbons (Fsp3) is 0.267. The van der Waals surface area contributed by atoms with E-state index in [1.165, 1.54) is 34.1 Å². The van der Waals surface area contributed by atoms with Gasteiger partial charge < -0.3 is 34.6 Å². The van der Waals surface area contributed by atoms with Gasteiger partial charge in [0.15, 0.2) is 11.9 Å². The van der Waals surface area contributed by atoms with Crippen LogP contribution < -0.4 is 14.5 Å². The van der Waals surface area contributed by atoms with Crippen LogP contribution in [0.3, 0.4) is 0 Å². The number of hydrogen-bond acceptors (Lipinski definition) is 8. The lowest BCUT2D eigenvalue weighted by atomic mass is 9.76. The molecule has 11 heteroatoms. The van der Waals surface area contributed by atoms with E-state index in [1.807, 2.05) is 0 Å². The Balaban J connectivity index is 1.52. The lowest BCUT2D eigenvalue weighted by Gasteiger charge is -2.42. The quantitative estimate of drug-likeness (QED) is 0.250. The number of β-lactam (4-membered cyclic amide) rings is 2. The van der Waals surface area contributed by atoms with Crippen LogP contribution in [0.4, 0.5) is 11.4 Å². The Bertz CT molecular complexity index is 1730. The normalized spacial score (nSPS) is 23.9. The number of carbonyl (C=O) groups excluding carboxylic acids is 3. The first kappa shape index (κ1) is 25.2. The monoisotopic (exact) mass is 556 g/mol. The molecule has 0 saturated carbocycles. The number of ether oxygens (including phenoxy) is 2. The highest BCUT2D eigenvalue weighted by Crippen LogP contribution is 2.58. The molecule has 7 rings (SSSR count). The van der Waals surface area contributed by atoms with Gasteiger partial charge >= 0.3 is 11.9 Å². The minimum Gasteiger partial charge on any atom is -0.478 e. The van der Waals surface area contributed by atoms with Gasteiger partial charge in [0.1, 0.15) is 11.5 Å². The average molecular weight is 557 g/mol. The Morgan fingerprint density at radius 1 is 0.878 bits per heavy atom. The van der Waals surface area contributed by atoms with Gasteiger partial charge in [-0.1, -0.05) is 32.0 Å². The summed E-state index contributed by atoms with van der Waals surface area (Å²) in [6.45, 7) is 4.20. The highest BCUT2D eigenvalue weighted by molar-refractivity contribution is 6.07. The van der Waals surface area contributed by atoms with Crippen molar-refractivity contribution in [2.45, 2.75) is 25.7 Å². The summed E-state index contributed by atoms with van der Waals surface area (Å²) < 4.78 is 12.4. The van der Waals surface area contributed by atoms with Crippen LogP contribution in [0.2, 0.25) is 0 Å². The number of benzene rings is 3. The van der Waals surface area contributed by atoms with Gasteiger partial charge in [0.25, 0.3) is 0 Å². The molecule has 0 radical (unpaired) electrons. The topological polar surface area (TPSA) is 154 Å². The molecule has 208 valence electrons. The van der Waals surface area contributed by atoms with Crippen LogP contribution in [0, 0.1) is 11.8 Å². The summed E-state index contributed by atoms with van der Waals surface area (Å²) in [5.74, 6) is -2.55. The van der Waals surface area contributed by atoms with E-state index < -0.39 is 23.8 Å². The minimum atomic E-state index is -1.99. The van der Waals surface area contributed by atoms with Crippen LogP contribution in [0.5, 0.6) is 11.5 Å². The molecule has 0 bridgehead atoms. The number of esters is 1. The predicted molar refractivity (Wildman–Crippen MR) is 142 cm³/mol. The second kappa shape index (κ2) is 8.38. The van der Waals surface area contributed by atoms with E-state index >= 15 is 0 Å². The highest BCUT2D eigenvalue weighted by atomic mass is 16.6. The Labute approximate surface area is 233 Å². The second-order valence-corrected chi connectivity index (χ2v) is 10.9. The number of carboxylic acid groups (broad SMARTS) is 1. The molecule has 0 aromatic heterocycles. The van der Waals surface area contributed by atoms with Gasteiger partial charge in [0.05, 0.1) is 34.3 Å². The van der Waals surface area contributed by atoms with Crippen molar-refractivity contribution in [3.63, 3.8) is 0 Å². The number of fused-ring (bicyclic) bond motifs is 6. The highest BCUT2D eigenvalue weighted by Gasteiger charge is 2.55. The number of anilines is 2. The Hall–Kier alpha value is -4.74. The predicted octanol–water partition coefficient (Wildman–Crippen LogP) is 2.90. The molecule has 4 heterocycles. The summed E-state index contributed by atoms with van der Waals surface area (Å²) in [6, 6.07) is 12.3. The standard InChI is InChI=1S/C30H24N2O9/c1-13-11-31(25(13)33)21-9-23-19(7-16(21)27(35)36)30(18-6-4-3-5-15(18)29(39)41-30)20-8-17(28(37)38)22(10-24(20)40-23)32-12-14(2)26(32)34/h3-10,13-14,27,35-36H,11-12H2,1-2H3,(H,37,38). The van der Waals surface area contributed by atoms with Crippen LogP contribution in [-0.2, 0) is 19.9 Å². The number of rotatable bonds is 4. The molecular formula is C30H24N2O9.